The predicted octanol–water partition coefficient (Wildman–Crippen LogP) is 4.77. The Bertz CT molecular complexity index is 1160. The first-order valence-corrected chi connectivity index (χ1v) is 16.8. The fourth-order valence-corrected chi connectivity index (χ4v) is 7.64. The number of ether oxygens (including phenoxy) is 1. The molecule has 1 aromatic heterocycles. The fourth-order valence-electron chi connectivity index (χ4n) is 6.17. The topological polar surface area (TPSA) is 90.9 Å². The van der Waals surface area contributed by atoms with Crippen molar-refractivity contribution >= 4 is 21.8 Å². The lowest BCUT2D eigenvalue weighted by atomic mass is 9.99. The Hall–Kier alpha value is -2.43. The Balaban J connectivity index is 1.12. The number of piperidine rings is 2. The van der Waals surface area contributed by atoms with Crippen LogP contribution in [0.25, 0.3) is 0 Å². The van der Waals surface area contributed by atoms with Gasteiger partial charge in [-0.15, -0.1) is 0 Å². The van der Waals surface area contributed by atoms with Crippen molar-refractivity contribution in [3.63, 3.8) is 0 Å². The highest BCUT2D eigenvalue weighted by atomic mass is 32.2. The second-order valence-electron chi connectivity index (χ2n) is 11.4. The summed E-state index contributed by atoms with van der Waals surface area (Å²) in [6.45, 7) is 8.02. The van der Waals surface area contributed by atoms with Crippen LogP contribution in [0.2, 0.25) is 0 Å². The highest BCUT2D eigenvalue weighted by molar-refractivity contribution is 7.89. The van der Waals surface area contributed by atoms with Gasteiger partial charge in [-0.05, 0) is 81.8 Å². The van der Waals surface area contributed by atoms with Gasteiger partial charge in [0.25, 0.3) is 0 Å². The number of benzene rings is 1. The number of nitrogens with zero attached hydrogens (tertiary/aromatic N) is 5. The Kier molecular flexibility index (Phi) is 10.1. The molecule has 0 saturated carbocycles. The lowest BCUT2D eigenvalue weighted by molar-refractivity contribution is 0.112. The summed E-state index contributed by atoms with van der Waals surface area (Å²) in [5, 5.41) is 3.61. The second kappa shape index (κ2) is 14.0. The normalized spacial score (nSPS) is 22.1. The lowest BCUT2D eigenvalue weighted by Crippen LogP contribution is -2.51. The van der Waals surface area contributed by atoms with Crippen molar-refractivity contribution in [2.75, 3.05) is 56.1 Å². The second-order valence-corrected chi connectivity index (χ2v) is 13.4. The van der Waals surface area contributed by atoms with Crippen LogP contribution in [0.4, 0.5) is 11.8 Å². The molecule has 3 fully saturated rings. The van der Waals surface area contributed by atoms with Crippen LogP contribution in [0.1, 0.15) is 71.1 Å². The summed E-state index contributed by atoms with van der Waals surface area (Å²) in [7, 11) is -3.50. The van der Waals surface area contributed by atoms with Crippen molar-refractivity contribution < 1.29 is 13.2 Å². The highest BCUT2D eigenvalue weighted by Crippen LogP contribution is 2.27. The first-order valence-electron chi connectivity index (χ1n) is 15.3. The zero-order chi connectivity index (χ0) is 27.8. The van der Waals surface area contributed by atoms with Crippen LogP contribution in [0.15, 0.2) is 41.4 Å². The molecule has 0 amide bonds. The van der Waals surface area contributed by atoms with Gasteiger partial charge in [-0.25, -0.2) is 13.4 Å². The predicted molar refractivity (Wildman–Crippen MR) is 160 cm³/mol. The number of unbranched alkanes of at least 4 members (excludes halogenated alkanes) is 1. The van der Waals surface area contributed by atoms with E-state index in [2.05, 4.69) is 27.0 Å². The summed E-state index contributed by atoms with van der Waals surface area (Å²) in [4.78, 5) is 14.7. The smallest absolute Gasteiger partial charge is 0.243 e. The van der Waals surface area contributed by atoms with Gasteiger partial charge < -0.3 is 15.0 Å². The maximum absolute atomic E-state index is 13.3. The van der Waals surface area contributed by atoms with Gasteiger partial charge in [-0.1, -0.05) is 26.2 Å². The van der Waals surface area contributed by atoms with Crippen LogP contribution in [-0.2, 0) is 10.0 Å². The third-order valence-electron chi connectivity index (χ3n) is 8.52. The number of rotatable bonds is 10. The van der Waals surface area contributed by atoms with Crippen molar-refractivity contribution in [3.05, 3.63) is 36.5 Å². The number of hydrogen-bond acceptors (Lipinski definition) is 8. The molecule has 3 aliphatic rings. The molecule has 10 heteroatoms. The largest absolute Gasteiger partial charge is 0.494 e. The summed E-state index contributed by atoms with van der Waals surface area (Å²) in [6.07, 6.45) is 12.9. The Morgan fingerprint density at radius 1 is 0.925 bits per heavy atom. The number of anilines is 2. The molecule has 0 spiro atoms. The average molecular weight is 571 g/mol. The Morgan fingerprint density at radius 3 is 2.40 bits per heavy atom. The van der Waals surface area contributed by atoms with Gasteiger partial charge in [-0.2, -0.15) is 9.29 Å². The Labute approximate surface area is 240 Å². The molecule has 1 unspecified atom stereocenters. The third kappa shape index (κ3) is 7.44. The molecule has 2 aromatic rings. The molecular weight excluding hydrogens is 524 g/mol. The molecule has 3 aliphatic heterocycles. The summed E-state index contributed by atoms with van der Waals surface area (Å²) >= 11 is 0. The van der Waals surface area contributed by atoms with E-state index in [0.717, 1.165) is 82.2 Å². The summed E-state index contributed by atoms with van der Waals surface area (Å²) in [6, 6.07) is 9.61. The Morgan fingerprint density at radius 2 is 1.68 bits per heavy atom. The van der Waals surface area contributed by atoms with Crippen LogP contribution in [0, 0.1) is 0 Å². The van der Waals surface area contributed by atoms with E-state index >= 15 is 0 Å². The molecule has 4 heterocycles. The number of hydrogen-bond donors (Lipinski definition) is 1. The quantitative estimate of drug-likeness (QED) is 0.409. The van der Waals surface area contributed by atoms with Gasteiger partial charge in [0.05, 0.1) is 11.5 Å². The van der Waals surface area contributed by atoms with Crippen molar-refractivity contribution in [3.8, 4) is 5.75 Å². The van der Waals surface area contributed by atoms with Crippen molar-refractivity contribution in [2.24, 2.45) is 0 Å². The van der Waals surface area contributed by atoms with E-state index in [1.165, 1.54) is 25.7 Å². The van der Waals surface area contributed by atoms with Gasteiger partial charge in [0.2, 0.25) is 16.0 Å². The molecule has 1 aromatic carbocycles. The minimum Gasteiger partial charge on any atom is -0.494 e. The average Bonchev–Trinajstić information content (AvgIpc) is 3.28. The standard InChI is InChI=1S/C30H46N6O3S/c1-2-3-23-39-27-10-12-28(13-11-27)40(37,38)36-21-15-26(16-22-36)35-20-8-9-25(24-35)32-30-31-17-14-29(33-30)34-18-6-4-5-7-19-34/h10-14,17,25-26H,2-9,15-16,18-24H2,1H3,(H,31,32,33). The van der Waals surface area contributed by atoms with Crippen LogP contribution in [-0.4, -0.2) is 85.5 Å². The van der Waals surface area contributed by atoms with E-state index in [-0.39, 0.29) is 0 Å². The number of likely N-dealkylation sites (tertiary alicyclic amines) is 1. The highest BCUT2D eigenvalue weighted by Gasteiger charge is 2.33. The molecule has 5 rings (SSSR count). The van der Waals surface area contributed by atoms with E-state index in [0.29, 0.717) is 36.7 Å². The summed E-state index contributed by atoms with van der Waals surface area (Å²) in [5.41, 5.74) is 0. The first kappa shape index (κ1) is 29.1. The number of sulfonamides is 1. The molecule has 220 valence electrons. The van der Waals surface area contributed by atoms with Crippen LogP contribution < -0.4 is 15.0 Å². The minimum atomic E-state index is -3.50. The molecule has 3 saturated heterocycles. The van der Waals surface area contributed by atoms with E-state index < -0.39 is 10.0 Å². The van der Waals surface area contributed by atoms with Gasteiger partial charge in [0.15, 0.2) is 0 Å². The molecule has 40 heavy (non-hydrogen) atoms. The maximum Gasteiger partial charge on any atom is 0.243 e. The van der Waals surface area contributed by atoms with Crippen molar-refractivity contribution in [1.82, 2.24) is 19.2 Å². The zero-order valence-corrected chi connectivity index (χ0v) is 24.8. The summed E-state index contributed by atoms with van der Waals surface area (Å²) < 4.78 is 34.0. The SMILES string of the molecule is CCCCOc1ccc(S(=O)(=O)N2CCC(N3CCCC(Nc4nccc(N5CCCCCC5)n4)C3)CC2)cc1. The van der Waals surface area contributed by atoms with E-state index in [4.69, 9.17) is 9.72 Å². The third-order valence-corrected chi connectivity index (χ3v) is 10.4. The molecule has 1 atom stereocenters. The first-order chi connectivity index (χ1) is 19.5. The van der Waals surface area contributed by atoms with Gasteiger partial charge in [0, 0.05) is 51.0 Å². The fraction of sp³-hybridized carbons (Fsp3) is 0.667. The lowest BCUT2D eigenvalue weighted by Gasteiger charge is -2.42. The van der Waals surface area contributed by atoms with Crippen LogP contribution >= 0.6 is 0 Å². The van der Waals surface area contributed by atoms with Crippen molar-refractivity contribution in [2.45, 2.75) is 88.1 Å². The summed E-state index contributed by atoms with van der Waals surface area (Å²) in [5.74, 6) is 2.47. The van der Waals surface area contributed by atoms with E-state index in [1.54, 1.807) is 28.6 Å². The number of nitrogens with one attached hydrogen (secondary N) is 1. The van der Waals surface area contributed by atoms with Gasteiger partial charge in [0.1, 0.15) is 11.6 Å². The molecule has 9 nitrogen and oxygen atoms in total. The van der Waals surface area contributed by atoms with Crippen LogP contribution in [0.3, 0.4) is 0 Å². The maximum atomic E-state index is 13.3. The minimum absolute atomic E-state index is 0.299. The van der Waals surface area contributed by atoms with E-state index in [9.17, 15) is 8.42 Å². The molecule has 1 N–H and O–H groups in total. The zero-order valence-electron chi connectivity index (χ0n) is 24.0. The van der Waals surface area contributed by atoms with Crippen LogP contribution in [0.5, 0.6) is 5.75 Å². The molecular formula is C30H46N6O3S. The van der Waals surface area contributed by atoms with Gasteiger partial charge >= 0.3 is 0 Å². The van der Waals surface area contributed by atoms with Crippen molar-refractivity contribution in [1.29, 1.82) is 0 Å². The molecule has 0 aliphatic carbocycles. The van der Waals surface area contributed by atoms with Gasteiger partial charge in [-0.3, -0.25) is 4.90 Å². The van der Waals surface area contributed by atoms with E-state index in [1.807, 2.05) is 12.3 Å². The molecule has 0 bridgehead atoms. The monoisotopic (exact) mass is 570 g/mol. The number of aromatic nitrogens is 2. The molecule has 0 radical (unpaired) electrons.